The first-order valence-electron chi connectivity index (χ1n) is 7.26. The van der Waals surface area contributed by atoms with Crippen molar-refractivity contribution in [1.29, 1.82) is 0 Å². The van der Waals surface area contributed by atoms with Gasteiger partial charge in [-0.05, 0) is 48.9 Å². The molecule has 2 unspecified atom stereocenters. The second-order valence-electron chi connectivity index (χ2n) is 5.64. The summed E-state index contributed by atoms with van der Waals surface area (Å²) in [5.74, 6) is -0.562. The lowest BCUT2D eigenvalue weighted by Gasteiger charge is -2.29. The van der Waals surface area contributed by atoms with Crippen LogP contribution in [0, 0.1) is 5.92 Å². The van der Waals surface area contributed by atoms with E-state index in [0.717, 1.165) is 5.56 Å². The van der Waals surface area contributed by atoms with Gasteiger partial charge >= 0.3 is 5.97 Å². The highest BCUT2D eigenvalue weighted by Gasteiger charge is 2.40. The van der Waals surface area contributed by atoms with Crippen LogP contribution in [0.2, 0.25) is 5.02 Å². The van der Waals surface area contributed by atoms with E-state index in [2.05, 4.69) is 20.5 Å². The Morgan fingerprint density at radius 2 is 2.00 bits per heavy atom. The molecule has 0 amide bonds. The predicted molar refractivity (Wildman–Crippen MR) is 84.9 cm³/mol. The van der Waals surface area contributed by atoms with Crippen molar-refractivity contribution in [2.75, 3.05) is 0 Å². The minimum atomic E-state index is -0.588. The molecule has 2 heterocycles. The predicted octanol–water partition coefficient (Wildman–Crippen LogP) is 2.59. The molecule has 1 aromatic heterocycles. The first kappa shape index (κ1) is 15.6. The van der Waals surface area contributed by atoms with E-state index in [1.54, 1.807) is 23.7 Å². The number of esters is 1. The number of ether oxygens (including phenoxy) is 1. The normalized spacial score (nSPS) is 20.1. The lowest BCUT2D eigenvalue weighted by Crippen LogP contribution is -2.37. The number of hydrogen-bond donors (Lipinski definition) is 0. The molecule has 120 valence electrons. The number of nitrogens with zero attached hydrogens (tertiary/aromatic N) is 5. The summed E-state index contributed by atoms with van der Waals surface area (Å²) >= 11 is 5.96. The Kier molecular flexibility index (Phi) is 4.12. The zero-order chi connectivity index (χ0) is 16.6. The molecule has 0 aliphatic carbocycles. The Morgan fingerprint density at radius 3 is 2.65 bits per heavy atom. The Hall–Kier alpha value is -2.28. The highest BCUT2D eigenvalue weighted by molar-refractivity contribution is 6.30. The van der Waals surface area contributed by atoms with Gasteiger partial charge in [0.05, 0.1) is 6.10 Å². The van der Waals surface area contributed by atoms with E-state index >= 15 is 0 Å². The maximum atomic E-state index is 12.6. The number of halogens is 1. The average molecular weight is 334 g/mol. The molecule has 1 aliphatic rings. The molecular weight excluding hydrogens is 318 g/mol. The van der Waals surface area contributed by atoms with Crippen molar-refractivity contribution in [2.24, 2.45) is 10.9 Å². The lowest BCUT2D eigenvalue weighted by atomic mass is 9.88. The number of aliphatic imine (C=N–C) groups is 1. The fourth-order valence-electron chi connectivity index (χ4n) is 2.64. The van der Waals surface area contributed by atoms with Crippen LogP contribution in [-0.2, 0) is 9.53 Å². The number of benzene rings is 1. The van der Waals surface area contributed by atoms with Crippen molar-refractivity contribution in [2.45, 2.75) is 32.9 Å². The third kappa shape index (κ3) is 2.96. The largest absolute Gasteiger partial charge is 0.462 e. The van der Waals surface area contributed by atoms with Crippen LogP contribution in [-0.4, -0.2) is 38.0 Å². The van der Waals surface area contributed by atoms with Gasteiger partial charge in [0, 0.05) is 10.7 Å². The number of aromatic nitrogens is 4. The molecule has 2 aromatic rings. The number of carbonyl (C=O) groups excluding carboxylic acids is 1. The monoisotopic (exact) mass is 333 g/mol. The van der Waals surface area contributed by atoms with E-state index in [4.69, 9.17) is 16.3 Å². The summed E-state index contributed by atoms with van der Waals surface area (Å²) < 4.78 is 6.94. The van der Waals surface area contributed by atoms with E-state index < -0.39 is 12.0 Å². The molecule has 0 spiro atoms. The van der Waals surface area contributed by atoms with Gasteiger partial charge in [0.1, 0.15) is 12.0 Å². The third-order valence-corrected chi connectivity index (χ3v) is 3.85. The minimum Gasteiger partial charge on any atom is -0.462 e. The molecule has 0 radical (unpaired) electrons. The second-order valence-corrected chi connectivity index (χ2v) is 6.07. The third-order valence-electron chi connectivity index (χ3n) is 3.60. The van der Waals surface area contributed by atoms with Crippen molar-refractivity contribution in [3.8, 4) is 0 Å². The Balaban J connectivity index is 2.08. The SMILES string of the molecule is CC1=Nc2nnnn2C(c2ccc(Cl)cc2)C1C(=O)OC(C)C. The fraction of sp³-hybridized carbons (Fsp3) is 0.400. The summed E-state index contributed by atoms with van der Waals surface area (Å²) in [6, 6.07) is 6.83. The summed E-state index contributed by atoms with van der Waals surface area (Å²) in [6.45, 7) is 5.41. The standard InChI is InChI=1S/C15H16ClN5O2/c1-8(2)23-14(22)12-9(3)17-15-18-19-20-21(15)13(12)10-4-6-11(16)7-5-10/h4-8,12-13H,1-3H3. The molecule has 0 saturated carbocycles. The number of carbonyl (C=O) groups is 1. The van der Waals surface area contributed by atoms with E-state index in [0.29, 0.717) is 16.7 Å². The smallest absolute Gasteiger partial charge is 0.317 e. The topological polar surface area (TPSA) is 82.3 Å². The summed E-state index contributed by atoms with van der Waals surface area (Å²) in [4.78, 5) is 16.9. The zero-order valence-corrected chi connectivity index (χ0v) is 13.7. The maximum absolute atomic E-state index is 12.6. The van der Waals surface area contributed by atoms with Crippen LogP contribution in [0.5, 0.6) is 0 Å². The van der Waals surface area contributed by atoms with E-state index in [1.165, 1.54) is 0 Å². The van der Waals surface area contributed by atoms with Gasteiger partial charge in [-0.25, -0.2) is 9.67 Å². The van der Waals surface area contributed by atoms with Crippen molar-refractivity contribution in [3.63, 3.8) is 0 Å². The lowest BCUT2D eigenvalue weighted by molar-refractivity contribution is -0.151. The summed E-state index contributed by atoms with van der Waals surface area (Å²) in [6.07, 6.45) is -0.212. The van der Waals surface area contributed by atoms with Crippen LogP contribution in [0.15, 0.2) is 29.3 Å². The summed E-state index contributed by atoms with van der Waals surface area (Å²) in [7, 11) is 0. The summed E-state index contributed by atoms with van der Waals surface area (Å²) in [5.41, 5.74) is 1.49. The number of tetrazole rings is 1. The van der Waals surface area contributed by atoms with Gasteiger partial charge in [-0.3, -0.25) is 4.79 Å². The molecule has 0 bridgehead atoms. The van der Waals surface area contributed by atoms with Crippen LogP contribution in [0.3, 0.4) is 0 Å². The Labute approximate surface area is 138 Å². The van der Waals surface area contributed by atoms with Gasteiger partial charge in [-0.15, -0.1) is 0 Å². The van der Waals surface area contributed by atoms with Crippen molar-refractivity contribution in [1.82, 2.24) is 20.2 Å². The molecule has 0 fully saturated rings. The van der Waals surface area contributed by atoms with E-state index in [9.17, 15) is 4.79 Å². The van der Waals surface area contributed by atoms with Gasteiger partial charge in [0.2, 0.25) is 0 Å². The number of fused-ring (bicyclic) bond motifs is 1. The number of hydrogen-bond acceptors (Lipinski definition) is 6. The Bertz CT molecular complexity index is 753. The van der Waals surface area contributed by atoms with Crippen molar-refractivity contribution in [3.05, 3.63) is 34.9 Å². The first-order chi connectivity index (χ1) is 11.0. The van der Waals surface area contributed by atoms with E-state index in [1.807, 2.05) is 26.0 Å². The molecule has 3 rings (SSSR count). The molecule has 1 aromatic carbocycles. The van der Waals surface area contributed by atoms with Crippen LogP contribution in [0.4, 0.5) is 5.95 Å². The molecule has 7 nitrogen and oxygen atoms in total. The molecule has 0 N–H and O–H groups in total. The van der Waals surface area contributed by atoms with Gasteiger partial charge in [-0.1, -0.05) is 28.8 Å². The molecule has 0 saturated heterocycles. The van der Waals surface area contributed by atoms with Crippen LogP contribution >= 0.6 is 11.6 Å². The van der Waals surface area contributed by atoms with Gasteiger partial charge in [0.25, 0.3) is 5.95 Å². The van der Waals surface area contributed by atoms with Crippen molar-refractivity contribution < 1.29 is 9.53 Å². The quantitative estimate of drug-likeness (QED) is 0.806. The first-order valence-corrected chi connectivity index (χ1v) is 7.64. The summed E-state index contributed by atoms with van der Waals surface area (Å²) in [5, 5.41) is 12.2. The zero-order valence-electron chi connectivity index (χ0n) is 13.0. The molecule has 23 heavy (non-hydrogen) atoms. The Morgan fingerprint density at radius 1 is 1.30 bits per heavy atom. The van der Waals surface area contributed by atoms with Crippen LogP contribution < -0.4 is 0 Å². The molecule has 1 aliphatic heterocycles. The molecular formula is C15H16ClN5O2. The van der Waals surface area contributed by atoms with Crippen molar-refractivity contribution >= 4 is 29.2 Å². The maximum Gasteiger partial charge on any atom is 0.317 e. The molecule has 8 heteroatoms. The van der Waals surface area contributed by atoms with Gasteiger partial charge in [0.15, 0.2) is 0 Å². The minimum absolute atomic E-state index is 0.212. The number of rotatable bonds is 3. The van der Waals surface area contributed by atoms with Crippen LogP contribution in [0.1, 0.15) is 32.4 Å². The highest BCUT2D eigenvalue weighted by atomic mass is 35.5. The van der Waals surface area contributed by atoms with E-state index in [-0.39, 0.29) is 12.1 Å². The molecule has 2 atom stereocenters. The second kappa shape index (κ2) is 6.08. The average Bonchev–Trinajstić information content (AvgIpc) is 2.93. The van der Waals surface area contributed by atoms with Gasteiger partial charge < -0.3 is 4.74 Å². The fourth-order valence-corrected chi connectivity index (χ4v) is 2.76. The van der Waals surface area contributed by atoms with Crippen LogP contribution in [0.25, 0.3) is 0 Å². The van der Waals surface area contributed by atoms with Gasteiger partial charge in [-0.2, -0.15) is 0 Å². The highest BCUT2D eigenvalue weighted by Crippen LogP contribution is 2.35.